The number of hydrogen-bond donors (Lipinski definition) is 1. The number of rotatable bonds is 7. The van der Waals surface area contributed by atoms with Gasteiger partial charge in [-0.2, -0.15) is 0 Å². The van der Waals surface area contributed by atoms with Gasteiger partial charge in [0.25, 0.3) is 15.9 Å². The van der Waals surface area contributed by atoms with Crippen molar-refractivity contribution in [2.75, 3.05) is 30.9 Å². The highest BCUT2D eigenvalue weighted by molar-refractivity contribution is 7.92. The molecule has 212 valence electrons. The molecule has 1 amide bonds. The number of anilines is 1. The second-order valence-corrected chi connectivity index (χ2v) is 12.4. The fourth-order valence-electron chi connectivity index (χ4n) is 5.78. The maximum atomic E-state index is 13.8. The number of amides is 1. The molecule has 0 unspecified atom stereocenters. The molecule has 1 saturated heterocycles. The van der Waals surface area contributed by atoms with Crippen LogP contribution in [0.2, 0.25) is 0 Å². The van der Waals surface area contributed by atoms with Crippen molar-refractivity contribution in [3.8, 4) is 0 Å². The van der Waals surface area contributed by atoms with Gasteiger partial charge >= 0.3 is 0 Å². The van der Waals surface area contributed by atoms with Crippen LogP contribution in [-0.2, 0) is 10.0 Å². The largest absolute Gasteiger partial charge is 0.336 e. The molecule has 1 aliphatic rings. The number of carbonyl (C=O) groups is 1. The molecular formula is C34H37N3O3S. The van der Waals surface area contributed by atoms with Crippen molar-refractivity contribution in [2.45, 2.75) is 38.6 Å². The van der Waals surface area contributed by atoms with Gasteiger partial charge < -0.3 is 4.90 Å². The quantitative estimate of drug-likeness (QED) is 0.286. The number of para-hydroxylation sites is 1. The van der Waals surface area contributed by atoms with Crippen LogP contribution in [0.4, 0.5) is 5.69 Å². The van der Waals surface area contributed by atoms with Crippen molar-refractivity contribution in [1.82, 2.24) is 9.80 Å². The van der Waals surface area contributed by atoms with Gasteiger partial charge in [0.05, 0.1) is 22.2 Å². The Morgan fingerprint density at radius 1 is 0.707 bits per heavy atom. The van der Waals surface area contributed by atoms with Gasteiger partial charge in [0.15, 0.2) is 0 Å². The summed E-state index contributed by atoms with van der Waals surface area (Å²) in [5.74, 6) is -0.173. The summed E-state index contributed by atoms with van der Waals surface area (Å²) in [6, 6.07) is 29.9. The van der Waals surface area contributed by atoms with E-state index in [0.29, 0.717) is 48.6 Å². The third-order valence-corrected chi connectivity index (χ3v) is 9.80. The molecule has 0 spiro atoms. The lowest BCUT2D eigenvalue weighted by Crippen LogP contribution is -2.50. The molecule has 6 nitrogen and oxygen atoms in total. The van der Waals surface area contributed by atoms with Crippen molar-refractivity contribution in [3.05, 3.63) is 130 Å². The topological polar surface area (TPSA) is 69.7 Å². The van der Waals surface area contributed by atoms with Crippen molar-refractivity contribution < 1.29 is 13.2 Å². The number of sulfonamides is 1. The van der Waals surface area contributed by atoms with Crippen LogP contribution >= 0.6 is 0 Å². The summed E-state index contributed by atoms with van der Waals surface area (Å²) in [5, 5.41) is 0. The van der Waals surface area contributed by atoms with Crippen LogP contribution in [0.1, 0.15) is 49.8 Å². The number of hydrogen-bond acceptors (Lipinski definition) is 4. The van der Waals surface area contributed by atoms with Crippen molar-refractivity contribution in [3.63, 3.8) is 0 Å². The number of piperazine rings is 1. The fraction of sp³-hybridized carbons (Fsp3) is 0.265. The van der Waals surface area contributed by atoms with E-state index in [0.717, 1.165) is 11.1 Å². The fourth-order valence-corrected chi connectivity index (χ4v) is 7.47. The van der Waals surface area contributed by atoms with E-state index in [2.05, 4.69) is 58.2 Å². The van der Waals surface area contributed by atoms with Gasteiger partial charge in [-0.1, -0.05) is 78.9 Å². The number of aryl methyl sites for hydroxylation is 2. The number of nitrogens with zero attached hydrogens (tertiary/aromatic N) is 2. The lowest BCUT2D eigenvalue weighted by molar-refractivity contribution is 0.0598. The van der Waals surface area contributed by atoms with Crippen LogP contribution in [0, 0.1) is 27.7 Å². The van der Waals surface area contributed by atoms with E-state index in [1.165, 1.54) is 11.1 Å². The molecule has 0 bridgehead atoms. The van der Waals surface area contributed by atoms with E-state index in [1.54, 1.807) is 24.3 Å². The SMILES string of the molecule is Cc1cc(C)c(C)c(S(=O)(=O)Nc2ccccc2C(=O)N2CCN(C(c3ccccc3)c3ccccc3)CC2)c1C. The third kappa shape index (κ3) is 5.92. The molecule has 41 heavy (non-hydrogen) atoms. The summed E-state index contributed by atoms with van der Waals surface area (Å²) in [7, 11) is -3.92. The molecule has 0 aromatic heterocycles. The minimum absolute atomic E-state index is 0.0954. The van der Waals surface area contributed by atoms with E-state index >= 15 is 0 Å². The second kappa shape index (κ2) is 11.9. The normalized spacial score (nSPS) is 14.3. The Bertz CT molecular complexity index is 1580. The zero-order chi connectivity index (χ0) is 29.1. The van der Waals surface area contributed by atoms with Crippen LogP contribution in [-0.4, -0.2) is 50.3 Å². The molecule has 1 heterocycles. The van der Waals surface area contributed by atoms with Crippen molar-refractivity contribution >= 4 is 21.6 Å². The van der Waals surface area contributed by atoms with Crippen LogP contribution in [0.5, 0.6) is 0 Å². The highest BCUT2D eigenvalue weighted by Crippen LogP contribution is 2.31. The van der Waals surface area contributed by atoms with Crippen LogP contribution < -0.4 is 4.72 Å². The maximum Gasteiger partial charge on any atom is 0.262 e. The standard InChI is InChI=1S/C34H37N3O3S/c1-24-23-25(2)27(4)33(26(24)3)41(39,40)35-31-18-12-11-17-30(31)34(38)37-21-19-36(20-22-37)32(28-13-7-5-8-14-28)29-15-9-6-10-16-29/h5-18,23,32,35H,19-22H2,1-4H3. The minimum Gasteiger partial charge on any atom is -0.336 e. The molecule has 5 rings (SSSR count). The monoisotopic (exact) mass is 567 g/mol. The van der Waals surface area contributed by atoms with Gasteiger partial charge in [-0.3, -0.25) is 14.4 Å². The summed E-state index contributed by atoms with van der Waals surface area (Å²) in [4.78, 5) is 18.3. The zero-order valence-electron chi connectivity index (χ0n) is 24.1. The first-order chi connectivity index (χ1) is 19.7. The molecular weight excluding hydrogens is 530 g/mol. The number of benzene rings is 4. The molecule has 0 atom stereocenters. The molecule has 0 aliphatic carbocycles. The molecule has 1 N–H and O–H groups in total. The predicted octanol–water partition coefficient (Wildman–Crippen LogP) is 6.27. The third-order valence-electron chi connectivity index (χ3n) is 8.16. The van der Waals surface area contributed by atoms with E-state index in [1.807, 2.05) is 50.8 Å². The molecule has 7 heteroatoms. The Kier molecular flexibility index (Phi) is 8.29. The smallest absolute Gasteiger partial charge is 0.262 e. The minimum atomic E-state index is -3.92. The van der Waals surface area contributed by atoms with Crippen molar-refractivity contribution in [1.29, 1.82) is 0 Å². The van der Waals surface area contributed by atoms with Crippen LogP contribution in [0.25, 0.3) is 0 Å². The molecule has 1 aliphatic heterocycles. The van der Waals surface area contributed by atoms with Crippen LogP contribution in [0.15, 0.2) is 95.9 Å². The average molecular weight is 568 g/mol. The van der Waals surface area contributed by atoms with Gasteiger partial charge in [0.1, 0.15) is 0 Å². The van der Waals surface area contributed by atoms with E-state index in [9.17, 15) is 13.2 Å². The molecule has 0 radical (unpaired) electrons. The number of nitrogens with one attached hydrogen (secondary N) is 1. The number of carbonyl (C=O) groups excluding carboxylic acids is 1. The Labute approximate surface area is 243 Å². The summed E-state index contributed by atoms with van der Waals surface area (Å²) in [6.07, 6.45) is 0. The van der Waals surface area contributed by atoms with Gasteiger partial charge in [0, 0.05) is 26.2 Å². The Morgan fingerprint density at radius 2 is 1.20 bits per heavy atom. The Morgan fingerprint density at radius 3 is 1.73 bits per heavy atom. The van der Waals surface area contributed by atoms with E-state index in [-0.39, 0.29) is 16.8 Å². The van der Waals surface area contributed by atoms with E-state index in [4.69, 9.17) is 0 Å². The molecule has 4 aromatic carbocycles. The van der Waals surface area contributed by atoms with Gasteiger partial charge in [0.2, 0.25) is 0 Å². The first-order valence-electron chi connectivity index (χ1n) is 14.0. The zero-order valence-corrected chi connectivity index (χ0v) is 24.9. The second-order valence-electron chi connectivity index (χ2n) is 10.8. The lowest BCUT2D eigenvalue weighted by atomic mass is 9.96. The Balaban J connectivity index is 1.36. The van der Waals surface area contributed by atoms with Crippen LogP contribution in [0.3, 0.4) is 0 Å². The maximum absolute atomic E-state index is 13.8. The summed E-state index contributed by atoms with van der Waals surface area (Å²) in [6.45, 7) is 9.98. The first-order valence-corrected chi connectivity index (χ1v) is 15.5. The van der Waals surface area contributed by atoms with Gasteiger partial charge in [-0.05, 0) is 73.2 Å². The predicted molar refractivity (Wildman–Crippen MR) is 165 cm³/mol. The van der Waals surface area contributed by atoms with Gasteiger partial charge in [-0.15, -0.1) is 0 Å². The summed E-state index contributed by atoms with van der Waals surface area (Å²) < 4.78 is 30.0. The first kappa shape index (κ1) is 28.6. The van der Waals surface area contributed by atoms with E-state index < -0.39 is 10.0 Å². The van der Waals surface area contributed by atoms with Gasteiger partial charge in [-0.25, -0.2) is 8.42 Å². The summed E-state index contributed by atoms with van der Waals surface area (Å²) in [5.41, 5.74) is 6.35. The molecule has 1 fully saturated rings. The lowest BCUT2D eigenvalue weighted by Gasteiger charge is -2.40. The highest BCUT2D eigenvalue weighted by atomic mass is 32.2. The molecule has 4 aromatic rings. The van der Waals surface area contributed by atoms with Crippen molar-refractivity contribution in [2.24, 2.45) is 0 Å². The Hall–Kier alpha value is -3.94. The molecule has 0 saturated carbocycles. The summed E-state index contributed by atoms with van der Waals surface area (Å²) >= 11 is 0. The highest BCUT2D eigenvalue weighted by Gasteiger charge is 2.30. The average Bonchev–Trinajstić information content (AvgIpc) is 2.97.